The minimum Gasteiger partial charge on any atom is -0.467 e. The molecule has 0 saturated carbocycles. The lowest BCUT2D eigenvalue weighted by Gasteiger charge is -2.10. The molecular formula is C15H16N2O4. The summed E-state index contributed by atoms with van der Waals surface area (Å²) in [5.74, 6) is 0.208. The molecule has 0 aliphatic rings. The third-order valence-electron chi connectivity index (χ3n) is 2.91. The molecule has 0 aliphatic heterocycles. The first-order valence-electron chi connectivity index (χ1n) is 6.36. The molecule has 0 spiro atoms. The monoisotopic (exact) mass is 288 g/mol. The minimum absolute atomic E-state index is 0.286. The number of benzene rings is 1. The zero-order valence-corrected chi connectivity index (χ0v) is 11.8. The molecule has 0 aliphatic carbocycles. The van der Waals surface area contributed by atoms with Gasteiger partial charge in [-0.1, -0.05) is 6.07 Å². The Labute approximate surface area is 122 Å². The van der Waals surface area contributed by atoms with Crippen LogP contribution in [0.4, 0.5) is 10.5 Å². The van der Waals surface area contributed by atoms with Crippen molar-refractivity contribution in [2.45, 2.75) is 13.5 Å². The molecule has 0 bridgehead atoms. The van der Waals surface area contributed by atoms with E-state index in [4.69, 9.17) is 4.42 Å². The highest BCUT2D eigenvalue weighted by Gasteiger charge is 2.10. The molecule has 1 heterocycles. The van der Waals surface area contributed by atoms with E-state index in [0.717, 1.165) is 5.56 Å². The number of hydrogen-bond donors (Lipinski definition) is 2. The Bertz CT molecular complexity index is 635. The quantitative estimate of drug-likeness (QED) is 0.848. The zero-order chi connectivity index (χ0) is 15.2. The lowest BCUT2D eigenvalue weighted by molar-refractivity contribution is 0.0600. The molecule has 1 aromatic carbocycles. The van der Waals surface area contributed by atoms with Crippen LogP contribution >= 0.6 is 0 Å². The van der Waals surface area contributed by atoms with Crippen molar-refractivity contribution in [1.82, 2.24) is 5.32 Å². The summed E-state index contributed by atoms with van der Waals surface area (Å²) in [6.45, 7) is 2.12. The van der Waals surface area contributed by atoms with Gasteiger partial charge in [-0.15, -0.1) is 0 Å². The molecule has 0 fully saturated rings. The first kappa shape index (κ1) is 14.6. The van der Waals surface area contributed by atoms with Crippen molar-refractivity contribution in [3.63, 3.8) is 0 Å². The van der Waals surface area contributed by atoms with E-state index in [9.17, 15) is 9.59 Å². The summed E-state index contributed by atoms with van der Waals surface area (Å²) < 4.78 is 9.77. The fraction of sp³-hybridized carbons (Fsp3) is 0.200. The van der Waals surface area contributed by atoms with Crippen molar-refractivity contribution in [2.75, 3.05) is 12.4 Å². The van der Waals surface area contributed by atoms with E-state index in [2.05, 4.69) is 15.4 Å². The van der Waals surface area contributed by atoms with E-state index in [0.29, 0.717) is 17.0 Å². The second-order valence-electron chi connectivity index (χ2n) is 4.41. The number of furan rings is 1. The highest BCUT2D eigenvalue weighted by Crippen LogP contribution is 2.17. The molecule has 6 heteroatoms. The maximum Gasteiger partial charge on any atom is 0.337 e. The van der Waals surface area contributed by atoms with Crippen molar-refractivity contribution >= 4 is 17.7 Å². The molecule has 6 nitrogen and oxygen atoms in total. The van der Waals surface area contributed by atoms with Crippen LogP contribution in [-0.2, 0) is 11.3 Å². The summed E-state index contributed by atoms with van der Waals surface area (Å²) in [6, 6.07) is 8.11. The summed E-state index contributed by atoms with van der Waals surface area (Å²) in [6.07, 6.45) is 1.54. The number of carbonyl (C=O) groups excluding carboxylic acids is 2. The van der Waals surface area contributed by atoms with Crippen LogP contribution in [0.5, 0.6) is 0 Å². The molecule has 2 amide bonds. The topological polar surface area (TPSA) is 80.6 Å². The van der Waals surface area contributed by atoms with Crippen LogP contribution in [0.3, 0.4) is 0 Å². The Morgan fingerprint density at radius 2 is 2.10 bits per heavy atom. The Morgan fingerprint density at radius 3 is 2.76 bits per heavy atom. The van der Waals surface area contributed by atoms with Crippen LogP contribution in [-0.4, -0.2) is 19.1 Å². The van der Waals surface area contributed by atoms with Gasteiger partial charge in [0.1, 0.15) is 5.76 Å². The van der Waals surface area contributed by atoms with Crippen molar-refractivity contribution in [3.05, 3.63) is 53.5 Å². The number of anilines is 1. The third-order valence-corrected chi connectivity index (χ3v) is 2.91. The van der Waals surface area contributed by atoms with Crippen LogP contribution < -0.4 is 10.6 Å². The number of aryl methyl sites for hydroxylation is 1. The molecule has 1 aromatic heterocycles. The van der Waals surface area contributed by atoms with Crippen LogP contribution in [0.15, 0.2) is 41.0 Å². The van der Waals surface area contributed by atoms with Gasteiger partial charge in [0, 0.05) is 5.69 Å². The van der Waals surface area contributed by atoms with Gasteiger partial charge in [0.15, 0.2) is 0 Å². The van der Waals surface area contributed by atoms with Crippen molar-refractivity contribution in [3.8, 4) is 0 Å². The SMILES string of the molecule is COC(=O)c1ccc(C)c(NC(=O)NCc2ccco2)c1. The number of urea groups is 1. The highest BCUT2D eigenvalue weighted by molar-refractivity contribution is 5.94. The number of nitrogens with one attached hydrogen (secondary N) is 2. The first-order chi connectivity index (χ1) is 10.1. The van der Waals surface area contributed by atoms with Gasteiger partial charge >= 0.3 is 12.0 Å². The van der Waals surface area contributed by atoms with E-state index >= 15 is 0 Å². The fourth-order valence-corrected chi connectivity index (χ4v) is 1.75. The maximum atomic E-state index is 11.8. The Morgan fingerprint density at radius 1 is 1.29 bits per heavy atom. The molecule has 0 saturated heterocycles. The number of hydrogen-bond acceptors (Lipinski definition) is 4. The minimum atomic E-state index is -0.450. The number of ether oxygens (including phenoxy) is 1. The van der Waals surface area contributed by atoms with Gasteiger partial charge < -0.3 is 19.8 Å². The van der Waals surface area contributed by atoms with Gasteiger partial charge in [-0.2, -0.15) is 0 Å². The van der Waals surface area contributed by atoms with Crippen molar-refractivity contribution in [2.24, 2.45) is 0 Å². The van der Waals surface area contributed by atoms with Gasteiger partial charge in [0.25, 0.3) is 0 Å². The van der Waals surface area contributed by atoms with Crippen LogP contribution in [0.1, 0.15) is 21.7 Å². The standard InChI is InChI=1S/C15H16N2O4/c1-10-5-6-11(14(18)20-2)8-13(10)17-15(19)16-9-12-4-3-7-21-12/h3-8H,9H2,1-2H3,(H2,16,17,19). The van der Waals surface area contributed by atoms with Gasteiger partial charge in [-0.05, 0) is 36.8 Å². The van der Waals surface area contributed by atoms with E-state index in [1.54, 1.807) is 36.6 Å². The second kappa shape index (κ2) is 6.60. The Hall–Kier alpha value is -2.76. The highest BCUT2D eigenvalue weighted by atomic mass is 16.5. The summed E-state index contributed by atoms with van der Waals surface area (Å²) in [5.41, 5.74) is 1.77. The average Bonchev–Trinajstić information content (AvgIpc) is 3.00. The van der Waals surface area contributed by atoms with E-state index in [1.165, 1.54) is 7.11 Å². The van der Waals surface area contributed by atoms with Gasteiger partial charge in [-0.25, -0.2) is 9.59 Å². The third kappa shape index (κ3) is 3.85. The molecular weight excluding hydrogens is 272 g/mol. The molecule has 2 N–H and O–H groups in total. The second-order valence-corrected chi connectivity index (χ2v) is 4.41. The lowest BCUT2D eigenvalue weighted by Crippen LogP contribution is -2.28. The number of rotatable bonds is 4. The van der Waals surface area contributed by atoms with Gasteiger partial charge in [0.05, 0.1) is 25.5 Å². The molecule has 21 heavy (non-hydrogen) atoms. The van der Waals surface area contributed by atoms with Crippen LogP contribution in [0.2, 0.25) is 0 Å². The maximum absolute atomic E-state index is 11.8. The number of esters is 1. The molecule has 2 aromatic rings. The average molecular weight is 288 g/mol. The Balaban J connectivity index is 2.01. The van der Waals surface area contributed by atoms with Crippen molar-refractivity contribution in [1.29, 1.82) is 0 Å². The predicted octanol–water partition coefficient (Wildman–Crippen LogP) is 2.70. The van der Waals surface area contributed by atoms with Crippen molar-refractivity contribution < 1.29 is 18.7 Å². The first-order valence-corrected chi connectivity index (χ1v) is 6.36. The van der Waals surface area contributed by atoms with E-state index in [1.807, 2.05) is 6.92 Å². The molecule has 110 valence electrons. The summed E-state index contributed by atoms with van der Waals surface area (Å²) in [5, 5.41) is 5.36. The van der Waals surface area contributed by atoms with Gasteiger partial charge in [-0.3, -0.25) is 0 Å². The summed E-state index contributed by atoms with van der Waals surface area (Å²) in [7, 11) is 1.31. The largest absolute Gasteiger partial charge is 0.467 e. The molecule has 0 radical (unpaired) electrons. The molecule has 2 rings (SSSR count). The fourth-order valence-electron chi connectivity index (χ4n) is 1.75. The predicted molar refractivity (Wildman–Crippen MR) is 77.1 cm³/mol. The molecule has 0 unspecified atom stereocenters. The summed E-state index contributed by atoms with van der Waals surface area (Å²) >= 11 is 0. The smallest absolute Gasteiger partial charge is 0.337 e. The van der Waals surface area contributed by atoms with E-state index in [-0.39, 0.29) is 12.6 Å². The Kier molecular flexibility index (Phi) is 4.61. The number of carbonyl (C=O) groups is 2. The van der Waals surface area contributed by atoms with E-state index < -0.39 is 5.97 Å². The van der Waals surface area contributed by atoms with Crippen LogP contribution in [0, 0.1) is 6.92 Å². The summed E-state index contributed by atoms with van der Waals surface area (Å²) in [4.78, 5) is 23.3. The number of methoxy groups -OCH3 is 1. The normalized spacial score (nSPS) is 10.0. The van der Waals surface area contributed by atoms with Gasteiger partial charge in [0.2, 0.25) is 0 Å². The lowest BCUT2D eigenvalue weighted by atomic mass is 10.1. The number of amides is 2. The zero-order valence-electron chi connectivity index (χ0n) is 11.8. The molecule has 0 atom stereocenters. The van der Waals surface area contributed by atoms with Crippen LogP contribution in [0.25, 0.3) is 0 Å².